The Morgan fingerprint density at radius 1 is 1.09 bits per heavy atom. The first-order valence-corrected chi connectivity index (χ1v) is 10.7. The number of carboxylic acid groups (broad SMARTS) is 1. The molecule has 0 saturated carbocycles. The van der Waals surface area contributed by atoms with Crippen molar-refractivity contribution in [2.24, 2.45) is 0 Å². The van der Waals surface area contributed by atoms with Crippen molar-refractivity contribution in [3.63, 3.8) is 0 Å². The average molecular weight is 468 g/mol. The molecule has 0 radical (unpaired) electrons. The summed E-state index contributed by atoms with van der Waals surface area (Å²) < 4.78 is 28.4. The minimum Gasteiger partial charge on any atom is -0.465 e. The van der Waals surface area contributed by atoms with Crippen LogP contribution < -0.4 is 10.3 Å². The number of benzene rings is 2. The highest BCUT2D eigenvalue weighted by Crippen LogP contribution is 2.19. The highest BCUT2D eigenvalue weighted by Gasteiger charge is 2.22. The maximum absolute atomic E-state index is 13.6. The lowest BCUT2D eigenvalue weighted by atomic mass is 10.1. The second kappa shape index (κ2) is 9.82. The van der Waals surface area contributed by atoms with Crippen molar-refractivity contribution >= 4 is 17.7 Å². The highest BCUT2D eigenvalue weighted by atomic mass is 19.1. The molecule has 1 aromatic heterocycles. The molecule has 2 amide bonds. The molecule has 1 fully saturated rings. The first kappa shape index (κ1) is 23.1. The number of nitrogens with zero attached hydrogens (tertiary/aromatic N) is 4. The van der Waals surface area contributed by atoms with Gasteiger partial charge in [-0.05, 0) is 36.2 Å². The average Bonchev–Trinajstić information content (AvgIpc) is 3.19. The topological polar surface area (TPSA) is 95.7 Å². The van der Waals surface area contributed by atoms with Crippen LogP contribution in [0.25, 0.3) is 5.69 Å². The normalized spacial score (nSPS) is 13.4. The van der Waals surface area contributed by atoms with Crippen molar-refractivity contribution in [3.05, 3.63) is 87.8 Å². The second-order valence-corrected chi connectivity index (χ2v) is 7.96. The van der Waals surface area contributed by atoms with E-state index >= 15 is 0 Å². The quantitative estimate of drug-likeness (QED) is 0.575. The Morgan fingerprint density at radius 2 is 1.85 bits per heavy atom. The Kier molecular flexibility index (Phi) is 6.67. The van der Waals surface area contributed by atoms with E-state index in [1.165, 1.54) is 16.9 Å². The van der Waals surface area contributed by atoms with Gasteiger partial charge in [-0.2, -0.15) is 5.10 Å². The van der Waals surface area contributed by atoms with E-state index in [0.717, 1.165) is 29.5 Å². The predicted molar refractivity (Wildman–Crippen MR) is 120 cm³/mol. The fourth-order valence-corrected chi connectivity index (χ4v) is 3.91. The maximum atomic E-state index is 13.6. The van der Waals surface area contributed by atoms with E-state index in [2.05, 4.69) is 5.10 Å². The zero-order chi connectivity index (χ0) is 24.2. The number of hydrogen-bond acceptors (Lipinski definition) is 4. The van der Waals surface area contributed by atoms with Crippen molar-refractivity contribution in [3.8, 4) is 5.69 Å². The second-order valence-electron chi connectivity index (χ2n) is 7.96. The number of aromatic nitrogens is 2. The number of amides is 2. The Bertz CT molecular complexity index is 1270. The lowest BCUT2D eigenvalue weighted by Crippen LogP contribution is -2.38. The summed E-state index contributed by atoms with van der Waals surface area (Å²) in [5.74, 6) is -1.52. The van der Waals surface area contributed by atoms with Gasteiger partial charge in [0.2, 0.25) is 11.3 Å². The molecule has 1 aliphatic heterocycles. The van der Waals surface area contributed by atoms with Gasteiger partial charge in [-0.1, -0.05) is 12.1 Å². The van der Waals surface area contributed by atoms with E-state index in [1.54, 1.807) is 29.2 Å². The van der Waals surface area contributed by atoms with E-state index < -0.39 is 17.7 Å². The molecule has 1 N–H and O–H groups in total. The van der Waals surface area contributed by atoms with Crippen molar-refractivity contribution in [1.82, 2.24) is 14.7 Å². The summed E-state index contributed by atoms with van der Waals surface area (Å²) in [7, 11) is 0. The number of rotatable bonds is 7. The molecule has 8 nitrogen and oxygen atoms in total. The van der Waals surface area contributed by atoms with Crippen molar-refractivity contribution in [1.29, 1.82) is 0 Å². The molecular weight excluding hydrogens is 446 g/mol. The van der Waals surface area contributed by atoms with Gasteiger partial charge >= 0.3 is 6.09 Å². The smallest absolute Gasteiger partial charge is 0.411 e. The summed E-state index contributed by atoms with van der Waals surface area (Å²) in [5.41, 5.74) is 0.935. The van der Waals surface area contributed by atoms with E-state index in [4.69, 9.17) is 0 Å². The molecule has 0 aliphatic carbocycles. The molecule has 1 aliphatic rings. The number of anilines is 1. The first-order chi connectivity index (χ1) is 16.3. The van der Waals surface area contributed by atoms with Gasteiger partial charge in [-0.25, -0.2) is 18.3 Å². The number of carbonyl (C=O) groups is 2. The maximum Gasteiger partial charge on any atom is 0.411 e. The summed E-state index contributed by atoms with van der Waals surface area (Å²) in [4.78, 5) is 38.9. The number of likely N-dealkylation sites (tertiary alicyclic amines) is 1. The Labute approximate surface area is 193 Å². The summed E-state index contributed by atoms with van der Waals surface area (Å²) in [6.07, 6.45) is 1.50. The van der Waals surface area contributed by atoms with Crippen molar-refractivity contribution in [2.75, 3.05) is 24.5 Å². The number of carbonyl (C=O) groups excluding carboxylic acids is 1. The monoisotopic (exact) mass is 468 g/mol. The van der Waals surface area contributed by atoms with Gasteiger partial charge in [0.1, 0.15) is 17.3 Å². The van der Waals surface area contributed by atoms with Crippen molar-refractivity contribution in [2.45, 2.75) is 19.3 Å². The van der Waals surface area contributed by atoms with Crippen LogP contribution >= 0.6 is 0 Å². The molecule has 2 aromatic carbocycles. The number of hydrogen-bond donors (Lipinski definition) is 1. The van der Waals surface area contributed by atoms with Crippen LogP contribution in [0.15, 0.2) is 59.5 Å². The largest absolute Gasteiger partial charge is 0.465 e. The lowest BCUT2D eigenvalue weighted by molar-refractivity contribution is -0.127. The summed E-state index contributed by atoms with van der Waals surface area (Å²) in [6.45, 7) is 1.03. The van der Waals surface area contributed by atoms with Gasteiger partial charge in [0, 0.05) is 56.5 Å². The molecular formula is C24H22F2N4O4. The van der Waals surface area contributed by atoms with Gasteiger partial charge in [0.25, 0.3) is 0 Å². The van der Waals surface area contributed by atoms with Crippen LogP contribution in [-0.2, 0) is 11.2 Å². The minimum absolute atomic E-state index is 0.0173. The van der Waals surface area contributed by atoms with E-state index in [9.17, 15) is 28.3 Å². The van der Waals surface area contributed by atoms with Gasteiger partial charge in [0.15, 0.2) is 0 Å². The zero-order valence-electron chi connectivity index (χ0n) is 18.2. The van der Waals surface area contributed by atoms with Gasteiger partial charge in [-0.15, -0.1) is 0 Å². The zero-order valence-corrected chi connectivity index (χ0v) is 18.2. The fourth-order valence-electron chi connectivity index (χ4n) is 3.91. The first-order valence-electron chi connectivity index (χ1n) is 10.7. The lowest BCUT2D eigenvalue weighted by Gasteiger charge is -2.23. The summed E-state index contributed by atoms with van der Waals surface area (Å²) in [6, 6.07) is 10.9. The summed E-state index contributed by atoms with van der Waals surface area (Å²) in [5, 5.41) is 13.9. The van der Waals surface area contributed by atoms with Crippen LogP contribution in [-0.4, -0.2) is 51.4 Å². The molecule has 10 heteroatoms. The molecule has 3 aromatic rings. The predicted octanol–water partition coefficient (Wildman–Crippen LogP) is 3.21. The molecule has 2 heterocycles. The molecule has 0 bridgehead atoms. The highest BCUT2D eigenvalue weighted by molar-refractivity contribution is 5.86. The number of halogens is 2. The van der Waals surface area contributed by atoms with Gasteiger partial charge < -0.3 is 10.0 Å². The molecule has 176 valence electrons. The van der Waals surface area contributed by atoms with Crippen LogP contribution in [0.1, 0.15) is 24.1 Å². The van der Waals surface area contributed by atoms with Gasteiger partial charge in [-0.3, -0.25) is 14.5 Å². The van der Waals surface area contributed by atoms with E-state index in [0.29, 0.717) is 30.8 Å². The van der Waals surface area contributed by atoms with E-state index in [1.807, 2.05) is 0 Å². The molecule has 0 unspecified atom stereocenters. The molecule has 1 saturated heterocycles. The third kappa shape index (κ3) is 5.28. The molecule has 4 rings (SSSR count). The standard InChI is InChI=1S/C24H22F2N4O4/c25-17-13-18(26)15-20(14-17)30-8-6-22(31)21(27-30)12-16-3-1-4-19(11-16)29(24(33)34)10-9-28-7-2-5-23(28)32/h1,3-4,6,8,11,13-15H,2,5,7,9-10,12H2,(H,33,34). The Hall–Kier alpha value is -4.08. The third-order valence-electron chi connectivity index (χ3n) is 5.58. The fraction of sp³-hybridized carbons (Fsp3) is 0.250. The molecule has 0 spiro atoms. The minimum atomic E-state index is -1.16. The van der Waals surface area contributed by atoms with Crippen molar-refractivity contribution < 1.29 is 23.5 Å². The third-order valence-corrected chi connectivity index (χ3v) is 5.58. The van der Waals surface area contributed by atoms with Crippen LogP contribution in [0.5, 0.6) is 0 Å². The molecule has 0 atom stereocenters. The van der Waals surface area contributed by atoms with E-state index in [-0.39, 0.29) is 35.7 Å². The molecule has 34 heavy (non-hydrogen) atoms. The van der Waals surface area contributed by atoms with Crippen LogP contribution in [0.4, 0.5) is 19.3 Å². The Morgan fingerprint density at radius 3 is 2.53 bits per heavy atom. The summed E-state index contributed by atoms with van der Waals surface area (Å²) >= 11 is 0. The van der Waals surface area contributed by atoms with Crippen LogP contribution in [0.3, 0.4) is 0 Å². The SMILES string of the molecule is O=C1CCCN1CCN(C(=O)O)c1cccc(Cc2nn(-c3cc(F)cc(F)c3)ccc2=O)c1. The van der Waals surface area contributed by atoms with Gasteiger partial charge in [0.05, 0.1) is 5.69 Å². The van der Waals surface area contributed by atoms with Crippen LogP contribution in [0, 0.1) is 11.6 Å². The Balaban J connectivity index is 1.56. The van der Waals surface area contributed by atoms with Crippen LogP contribution in [0.2, 0.25) is 0 Å².